The van der Waals surface area contributed by atoms with Crippen LogP contribution < -0.4 is 4.90 Å². The molecule has 7 heteroatoms. The molecule has 0 unspecified atom stereocenters. The number of hydrogen-bond donors (Lipinski definition) is 0. The predicted molar refractivity (Wildman–Crippen MR) is 86.2 cm³/mol. The van der Waals surface area contributed by atoms with Gasteiger partial charge in [0.05, 0.1) is 0 Å². The van der Waals surface area contributed by atoms with Crippen molar-refractivity contribution in [2.45, 2.75) is 12.8 Å². The third-order valence-corrected chi connectivity index (χ3v) is 4.52. The van der Waals surface area contributed by atoms with E-state index < -0.39 is 0 Å². The van der Waals surface area contributed by atoms with Crippen LogP contribution >= 0.6 is 22.9 Å². The molecule has 0 atom stereocenters. The summed E-state index contributed by atoms with van der Waals surface area (Å²) in [6.45, 7) is 0.905. The number of nitrogens with zero attached hydrogens (tertiary/aromatic N) is 3. The first-order chi connectivity index (χ1) is 10.6. The van der Waals surface area contributed by atoms with E-state index in [-0.39, 0.29) is 18.5 Å². The number of halogens is 1. The zero-order chi connectivity index (χ0) is 15.5. The third-order valence-electron chi connectivity index (χ3n) is 3.47. The van der Waals surface area contributed by atoms with Crippen molar-refractivity contribution in [2.75, 3.05) is 18.1 Å². The molecule has 1 aromatic carbocycles. The summed E-state index contributed by atoms with van der Waals surface area (Å²) in [5, 5.41) is 2.97. The number of hydrogen-bond acceptors (Lipinski definition) is 4. The van der Waals surface area contributed by atoms with Crippen LogP contribution in [0.15, 0.2) is 35.8 Å². The van der Waals surface area contributed by atoms with E-state index in [1.807, 2.05) is 5.38 Å². The first-order valence-electron chi connectivity index (χ1n) is 6.90. The molecule has 1 saturated heterocycles. The largest absolute Gasteiger partial charge is 0.324 e. The van der Waals surface area contributed by atoms with Crippen molar-refractivity contribution in [3.05, 3.63) is 46.4 Å². The molecule has 0 bridgehead atoms. The first kappa shape index (κ1) is 15.0. The topological polar surface area (TPSA) is 53.5 Å². The molecule has 0 N–H and O–H groups in total. The summed E-state index contributed by atoms with van der Waals surface area (Å²) >= 11 is 7.24. The lowest BCUT2D eigenvalue weighted by molar-refractivity contribution is -0.127. The van der Waals surface area contributed by atoms with Crippen LogP contribution in [0.5, 0.6) is 0 Å². The van der Waals surface area contributed by atoms with Crippen LogP contribution in [0.4, 0.5) is 5.13 Å². The number of rotatable bonds is 4. The number of carbonyl (C=O) groups is 2. The van der Waals surface area contributed by atoms with E-state index >= 15 is 0 Å². The fourth-order valence-electron chi connectivity index (χ4n) is 2.33. The Labute approximate surface area is 137 Å². The van der Waals surface area contributed by atoms with Crippen molar-refractivity contribution in [1.82, 2.24) is 9.88 Å². The van der Waals surface area contributed by atoms with E-state index in [0.29, 0.717) is 28.7 Å². The molecule has 1 aliphatic heterocycles. The monoisotopic (exact) mass is 335 g/mol. The second-order valence-corrected chi connectivity index (χ2v) is 6.27. The Bertz CT molecular complexity index is 673. The van der Waals surface area contributed by atoms with E-state index in [1.165, 1.54) is 16.2 Å². The van der Waals surface area contributed by atoms with E-state index in [4.69, 9.17) is 11.6 Å². The Morgan fingerprint density at radius 2 is 2.14 bits per heavy atom. The van der Waals surface area contributed by atoms with Gasteiger partial charge in [-0.15, -0.1) is 11.3 Å². The van der Waals surface area contributed by atoms with Crippen molar-refractivity contribution >= 4 is 39.9 Å². The molecule has 2 amide bonds. The lowest BCUT2D eigenvalue weighted by Gasteiger charge is -2.26. The number of carbonyl (C=O) groups excluding carboxylic acids is 2. The number of likely N-dealkylation sites (tertiary alicyclic amines) is 1. The smallest absolute Gasteiger partial charge is 0.261 e. The molecule has 114 valence electrons. The van der Waals surface area contributed by atoms with Crippen LogP contribution in [0.1, 0.15) is 23.2 Å². The molecule has 2 heterocycles. The fourth-order valence-corrected chi connectivity index (χ4v) is 3.09. The first-order valence-corrected chi connectivity index (χ1v) is 8.15. The second kappa shape index (κ2) is 6.46. The fraction of sp³-hybridized carbons (Fsp3) is 0.267. The van der Waals surface area contributed by atoms with Crippen LogP contribution in [0.2, 0.25) is 5.02 Å². The lowest BCUT2D eigenvalue weighted by Crippen LogP contribution is -2.42. The van der Waals surface area contributed by atoms with Gasteiger partial charge in [-0.25, -0.2) is 4.98 Å². The zero-order valence-electron chi connectivity index (χ0n) is 11.7. The SMILES string of the molecule is O=C1CCCN1CN(C(=O)c1ccc(Cl)cc1)c1nccs1. The minimum absolute atomic E-state index is 0.0745. The Hall–Kier alpha value is -1.92. The van der Waals surface area contributed by atoms with Crippen LogP contribution in [0, 0.1) is 0 Å². The molecule has 5 nitrogen and oxygen atoms in total. The van der Waals surface area contributed by atoms with Crippen LogP contribution in [-0.4, -0.2) is 34.9 Å². The number of thiazole rings is 1. The molecule has 2 aromatic rings. The molecule has 1 aliphatic rings. The normalized spacial score (nSPS) is 14.4. The van der Waals surface area contributed by atoms with Crippen molar-refractivity contribution in [3.63, 3.8) is 0 Å². The number of benzene rings is 1. The van der Waals surface area contributed by atoms with Gasteiger partial charge in [-0.1, -0.05) is 11.6 Å². The minimum Gasteiger partial charge on any atom is -0.324 e. The number of amides is 2. The van der Waals surface area contributed by atoms with Crippen molar-refractivity contribution in [2.24, 2.45) is 0 Å². The average molecular weight is 336 g/mol. The highest BCUT2D eigenvalue weighted by atomic mass is 35.5. The van der Waals surface area contributed by atoms with E-state index in [0.717, 1.165) is 6.42 Å². The summed E-state index contributed by atoms with van der Waals surface area (Å²) < 4.78 is 0. The van der Waals surface area contributed by atoms with Gasteiger partial charge in [-0.3, -0.25) is 14.5 Å². The zero-order valence-corrected chi connectivity index (χ0v) is 13.3. The van der Waals surface area contributed by atoms with Crippen LogP contribution in [0.3, 0.4) is 0 Å². The Morgan fingerprint density at radius 1 is 1.36 bits per heavy atom. The van der Waals surface area contributed by atoms with Crippen LogP contribution in [0.25, 0.3) is 0 Å². The van der Waals surface area contributed by atoms with E-state index in [9.17, 15) is 9.59 Å². The Balaban J connectivity index is 1.86. The van der Waals surface area contributed by atoms with Gasteiger partial charge in [-0.2, -0.15) is 0 Å². The van der Waals surface area contributed by atoms with Gasteiger partial charge in [-0.05, 0) is 30.7 Å². The summed E-state index contributed by atoms with van der Waals surface area (Å²) in [5.74, 6) is -0.114. The quantitative estimate of drug-likeness (QED) is 0.863. The Morgan fingerprint density at radius 3 is 2.73 bits per heavy atom. The molecular weight excluding hydrogens is 322 g/mol. The molecule has 22 heavy (non-hydrogen) atoms. The van der Waals surface area contributed by atoms with Crippen LogP contribution in [-0.2, 0) is 4.79 Å². The van der Waals surface area contributed by atoms with E-state index in [1.54, 1.807) is 35.4 Å². The standard InChI is InChI=1S/C15H14ClN3O2S/c16-12-5-3-11(4-6-12)14(21)19(15-17-7-9-22-15)10-18-8-1-2-13(18)20/h3-7,9H,1-2,8,10H2. The van der Waals surface area contributed by atoms with Gasteiger partial charge in [0.15, 0.2) is 5.13 Å². The maximum absolute atomic E-state index is 12.8. The number of aromatic nitrogens is 1. The highest BCUT2D eigenvalue weighted by molar-refractivity contribution is 7.13. The molecule has 3 rings (SSSR count). The number of anilines is 1. The summed E-state index contributed by atoms with van der Waals surface area (Å²) in [5.41, 5.74) is 0.520. The maximum Gasteiger partial charge on any atom is 0.261 e. The minimum atomic E-state index is -0.189. The summed E-state index contributed by atoms with van der Waals surface area (Å²) in [4.78, 5) is 32.0. The lowest BCUT2D eigenvalue weighted by atomic mass is 10.2. The third kappa shape index (κ3) is 3.13. The second-order valence-electron chi connectivity index (χ2n) is 4.96. The molecule has 0 saturated carbocycles. The van der Waals surface area contributed by atoms with Gasteiger partial charge >= 0.3 is 0 Å². The maximum atomic E-state index is 12.8. The van der Waals surface area contributed by atoms with E-state index in [2.05, 4.69) is 4.98 Å². The predicted octanol–water partition coefficient (Wildman–Crippen LogP) is 3.02. The highest BCUT2D eigenvalue weighted by Gasteiger charge is 2.27. The van der Waals surface area contributed by atoms with Crippen molar-refractivity contribution in [1.29, 1.82) is 0 Å². The molecule has 0 spiro atoms. The van der Waals surface area contributed by atoms with Crippen molar-refractivity contribution in [3.8, 4) is 0 Å². The summed E-state index contributed by atoms with van der Waals surface area (Å²) in [6, 6.07) is 6.71. The highest BCUT2D eigenvalue weighted by Crippen LogP contribution is 2.22. The summed E-state index contributed by atoms with van der Waals surface area (Å²) in [6.07, 6.45) is 3.02. The van der Waals surface area contributed by atoms with Crippen molar-refractivity contribution < 1.29 is 9.59 Å². The van der Waals surface area contributed by atoms with Gasteiger partial charge in [0.1, 0.15) is 6.67 Å². The summed E-state index contributed by atoms with van der Waals surface area (Å²) in [7, 11) is 0. The van der Waals surface area contributed by atoms with Gasteiger partial charge in [0, 0.05) is 35.1 Å². The van der Waals surface area contributed by atoms with Gasteiger partial charge in [0.2, 0.25) is 5.91 Å². The van der Waals surface area contributed by atoms with Gasteiger partial charge in [0.25, 0.3) is 5.91 Å². The Kier molecular flexibility index (Phi) is 4.40. The molecule has 0 aliphatic carbocycles. The average Bonchev–Trinajstić information content (AvgIpc) is 3.17. The molecule has 1 aromatic heterocycles. The van der Waals surface area contributed by atoms with Gasteiger partial charge < -0.3 is 4.90 Å². The molecular formula is C15H14ClN3O2S. The molecule has 0 radical (unpaired) electrons. The molecule has 1 fully saturated rings.